The van der Waals surface area contributed by atoms with Crippen LogP contribution in [0.5, 0.6) is 0 Å². The highest BCUT2D eigenvalue weighted by Crippen LogP contribution is 2.25. The molecule has 0 aliphatic rings. The lowest BCUT2D eigenvalue weighted by Crippen LogP contribution is -2.28. The number of hydrogen-bond acceptors (Lipinski definition) is 2. The summed E-state index contributed by atoms with van der Waals surface area (Å²) in [6.45, 7) is 1.69. The van der Waals surface area contributed by atoms with Gasteiger partial charge >= 0.3 is 5.97 Å². The van der Waals surface area contributed by atoms with E-state index in [1.807, 2.05) is 0 Å². The number of hydrogen-bond donors (Lipinski definition) is 1. The summed E-state index contributed by atoms with van der Waals surface area (Å²) in [6.07, 6.45) is 6.68. The van der Waals surface area contributed by atoms with Gasteiger partial charge in [-0.1, -0.05) is 15.9 Å². The van der Waals surface area contributed by atoms with Crippen molar-refractivity contribution in [2.75, 3.05) is 19.6 Å². The third-order valence-electron chi connectivity index (χ3n) is 2.32. The topological polar surface area (TPSA) is 46.5 Å². The molecule has 0 amide bonds. The van der Waals surface area contributed by atoms with E-state index in [9.17, 15) is 4.79 Å². The van der Waals surface area contributed by atoms with Gasteiger partial charge in [-0.2, -0.15) is 0 Å². The van der Waals surface area contributed by atoms with E-state index >= 15 is 0 Å². The summed E-state index contributed by atoms with van der Waals surface area (Å²) >= 11 is 3.22. The van der Waals surface area contributed by atoms with Gasteiger partial charge in [0.1, 0.15) is 4.32 Å². The highest BCUT2D eigenvalue weighted by molar-refractivity contribution is 9.10. The minimum atomic E-state index is -0.802. The Bertz CT molecular complexity index is 207. The molecule has 0 aliphatic carbocycles. The van der Waals surface area contributed by atoms with Gasteiger partial charge in [0, 0.05) is 24.4 Å². The molecule has 15 heavy (non-hydrogen) atoms. The Morgan fingerprint density at radius 1 is 1.60 bits per heavy atom. The van der Waals surface area contributed by atoms with E-state index in [2.05, 4.69) is 28.4 Å². The van der Waals surface area contributed by atoms with Crippen LogP contribution >= 0.6 is 15.9 Å². The molecule has 0 radical (unpaired) electrons. The Morgan fingerprint density at radius 3 is 2.47 bits per heavy atom. The normalized spacial score (nSPS) is 17.5. The summed E-state index contributed by atoms with van der Waals surface area (Å²) in [6, 6.07) is 0. The summed E-state index contributed by atoms with van der Waals surface area (Å²) in [5.74, 6) is -0.802. The molecule has 0 saturated heterocycles. The molecule has 1 N–H and O–H groups in total. The molecule has 0 spiro atoms. The molecule has 0 heterocycles. The van der Waals surface area contributed by atoms with Crippen LogP contribution < -0.4 is 0 Å². The van der Waals surface area contributed by atoms with E-state index in [1.54, 1.807) is 14.0 Å². The predicted octanol–water partition coefficient (Wildman–Crippen LogP) is 2.25. The zero-order chi connectivity index (χ0) is 12.1. The minimum Gasteiger partial charge on any atom is -0.480 e. The standard InChI is InChI=1S/C10H19BrO3S/c1-10(11,9(12)13)7-5-6-8(14-2)15(3)4/h8H,5-7H2,1-4H3/p+1. The number of halogens is 1. The third-order valence-corrected chi connectivity index (χ3v) is 4.54. The minimum absolute atomic E-state index is 0.223. The van der Waals surface area contributed by atoms with Crippen LogP contribution in [0.3, 0.4) is 0 Å². The Labute approximate surface area is 103 Å². The molecule has 0 rings (SSSR count). The van der Waals surface area contributed by atoms with Gasteiger partial charge in [-0.3, -0.25) is 4.79 Å². The number of rotatable bonds is 7. The van der Waals surface area contributed by atoms with Crippen LogP contribution in [0, 0.1) is 0 Å². The third kappa shape index (κ3) is 5.78. The average molecular weight is 300 g/mol. The molecule has 0 fully saturated rings. The second kappa shape index (κ2) is 6.76. The highest BCUT2D eigenvalue weighted by atomic mass is 79.9. The molecule has 0 aromatic carbocycles. The predicted molar refractivity (Wildman–Crippen MR) is 68.8 cm³/mol. The van der Waals surface area contributed by atoms with E-state index in [1.165, 1.54) is 0 Å². The lowest BCUT2D eigenvalue weighted by molar-refractivity contribution is -0.139. The first-order valence-electron chi connectivity index (χ1n) is 4.82. The largest absolute Gasteiger partial charge is 0.480 e. The molecule has 3 nitrogen and oxygen atoms in total. The second-order valence-corrected chi connectivity index (χ2v) is 7.98. The van der Waals surface area contributed by atoms with Crippen molar-refractivity contribution in [2.24, 2.45) is 0 Å². The number of alkyl halides is 1. The Balaban J connectivity index is 3.92. The van der Waals surface area contributed by atoms with E-state index < -0.39 is 10.3 Å². The molecule has 0 aromatic rings. The lowest BCUT2D eigenvalue weighted by atomic mass is 10.0. The molecular formula is C10H20BrO3S+. The SMILES string of the molecule is COC(CCCC(C)(Br)C(=O)O)[S+](C)C. The van der Waals surface area contributed by atoms with Crippen molar-refractivity contribution in [1.82, 2.24) is 0 Å². The number of aliphatic carboxylic acids is 1. The van der Waals surface area contributed by atoms with Gasteiger partial charge in [0.25, 0.3) is 0 Å². The maximum Gasteiger partial charge on any atom is 0.320 e. The van der Waals surface area contributed by atoms with Crippen molar-refractivity contribution >= 4 is 32.8 Å². The van der Waals surface area contributed by atoms with Gasteiger partial charge in [-0.05, 0) is 19.8 Å². The summed E-state index contributed by atoms with van der Waals surface area (Å²) in [5, 5.41) is 8.90. The van der Waals surface area contributed by atoms with Crippen LogP contribution in [0.4, 0.5) is 0 Å². The first-order valence-corrected chi connectivity index (χ1v) is 7.72. The molecule has 0 saturated carbocycles. The van der Waals surface area contributed by atoms with Gasteiger partial charge in [-0.15, -0.1) is 0 Å². The fourth-order valence-electron chi connectivity index (χ4n) is 1.25. The van der Waals surface area contributed by atoms with Crippen molar-refractivity contribution in [3.05, 3.63) is 0 Å². The molecule has 90 valence electrons. The molecule has 0 bridgehead atoms. The number of carboxylic acid groups (broad SMARTS) is 1. The molecule has 0 aromatic heterocycles. The Hall–Kier alpha value is 0.260. The first-order chi connectivity index (χ1) is 6.81. The van der Waals surface area contributed by atoms with Crippen LogP contribution in [0.15, 0.2) is 0 Å². The number of methoxy groups -OCH3 is 1. The summed E-state index contributed by atoms with van der Waals surface area (Å²) in [7, 11) is 1.93. The molecule has 2 unspecified atom stereocenters. The zero-order valence-corrected chi connectivity index (χ0v) is 12.2. The van der Waals surface area contributed by atoms with Crippen LogP contribution in [0.2, 0.25) is 0 Å². The van der Waals surface area contributed by atoms with Crippen molar-refractivity contribution in [2.45, 2.75) is 35.9 Å². The van der Waals surface area contributed by atoms with Gasteiger partial charge in [0.2, 0.25) is 5.44 Å². The van der Waals surface area contributed by atoms with Crippen molar-refractivity contribution < 1.29 is 14.6 Å². The maximum absolute atomic E-state index is 10.8. The van der Waals surface area contributed by atoms with Crippen LogP contribution in [0.1, 0.15) is 26.2 Å². The van der Waals surface area contributed by atoms with Gasteiger partial charge < -0.3 is 9.84 Å². The Kier molecular flexibility index (Phi) is 6.88. The number of ether oxygens (including phenoxy) is 1. The second-order valence-electron chi connectivity index (χ2n) is 3.94. The van der Waals surface area contributed by atoms with E-state index in [0.717, 1.165) is 12.8 Å². The number of carbonyl (C=O) groups is 1. The first kappa shape index (κ1) is 15.3. The average Bonchev–Trinajstić information content (AvgIpc) is 2.11. The lowest BCUT2D eigenvalue weighted by Gasteiger charge is -2.18. The molecule has 2 atom stereocenters. The summed E-state index contributed by atoms with van der Waals surface area (Å²) in [4.78, 5) is 10.8. The fraction of sp³-hybridized carbons (Fsp3) is 0.900. The van der Waals surface area contributed by atoms with Crippen molar-refractivity contribution in [3.8, 4) is 0 Å². The zero-order valence-electron chi connectivity index (χ0n) is 9.75. The highest BCUT2D eigenvalue weighted by Gasteiger charge is 2.30. The van der Waals surface area contributed by atoms with E-state index in [4.69, 9.17) is 9.84 Å². The summed E-state index contributed by atoms with van der Waals surface area (Å²) in [5.41, 5.74) is 0.252. The fourth-order valence-corrected chi connectivity index (χ4v) is 2.56. The smallest absolute Gasteiger partial charge is 0.320 e. The molecule has 5 heteroatoms. The van der Waals surface area contributed by atoms with E-state index in [-0.39, 0.29) is 16.3 Å². The van der Waals surface area contributed by atoms with Crippen LogP contribution in [-0.2, 0) is 20.4 Å². The maximum atomic E-state index is 10.8. The quantitative estimate of drug-likeness (QED) is 0.579. The monoisotopic (exact) mass is 299 g/mol. The Morgan fingerprint density at radius 2 is 2.13 bits per heavy atom. The number of carboxylic acids is 1. The van der Waals surface area contributed by atoms with Crippen molar-refractivity contribution in [1.29, 1.82) is 0 Å². The molecular weight excluding hydrogens is 280 g/mol. The van der Waals surface area contributed by atoms with Crippen LogP contribution in [-0.4, -0.2) is 40.5 Å². The van der Waals surface area contributed by atoms with Crippen LogP contribution in [0.25, 0.3) is 0 Å². The van der Waals surface area contributed by atoms with Crippen molar-refractivity contribution in [3.63, 3.8) is 0 Å². The summed E-state index contributed by atoms with van der Waals surface area (Å²) < 4.78 is 4.54. The van der Waals surface area contributed by atoms with Gasteiger partial charge in [0.15, 0.2) is 0 Å². The van der Waals surface area contributed by atoms with E-state index in [0.29, 0.717) is 6.42 Å². The van der Waals surface area contributed by atoms with Gasteiger partial charge in [-0.25, -0.2) is 0 Å². The van der Waals surface area contributed by atoms with Gasteiger partial charge in [0.05, 0.1) is 12.5 Å². The molecule has 0 aliphatic heterocycles.